The lowest BCUT2D eigenvalue weighted by atomic mass is 10.1. The van der Waals surface area contributed by atoms with Gasteiger partial charge in [0, 0.05) is 0 Å². The zero-order chi connectivity index (χ0) is 11.8. The Hall–Kier alpha value is -1.94. The van der Waals surface area contributed by atoms with Crippen LogP contribution in [0.2, 0.25) is 0 Å². The highest BCUT2D eigenvalue weighted by Crippen LogP contribution is 2.66. The molecule has 2 bridgehead atoms. The van der Waals surface area contributed by atoms with Gasteiger partial charge in [0.25, 0.3) is 0 Å². The molecule has 1 aromatic carbocycles. The Morgan fingerprint density at radius 2 is 1.88 bits per heavy atom. The van der Waals surface area contributed by atoms with Crippen LogP contribution in [0.15, 0.2) is 21.3 Å². The third-order valence-corrected chi connectivity index (χ3v) is 4.01. The molecule has 0 fully saturated rings. The van der Waals surface area contributed by atoms with Crippen LogP contribution in [0.1, 0.15) is 5.56 Å². The minimum absolute atomic E-state index is 0.222. The van der Waals surface area contributed by atoms with Gasteiger partial charge in [0.05, 0.1) is 5.56 Å². The molecule has 1 atom stereocenters. The predicted molar refractivity (Wildman–Crippen MR) is 56.7 cm³/mol. The zero-order valence-corrected chi connectivity index (χ0v) is 9.45. The number of phosphoric acid groups is 1. The van der Waals surface area contributed by atoms with Crippen molar-refractivity contribution >= 4 is 18.8 Å². The van der Waals surface area contributed by atoms with Crippen LogP contribution in [-0.2, 0) is 4.57 Å². The van der Waals surface area contributed by atoms with Crippen LogP contribution in [-0.4, -0.2) is 0 Å². The molecule has 2 aliphatic heterocycles. The summed E-state index contributed by atoms with van der Waals surface area (Å²) >= 11 is 0. The van der Waals surface area contributed by atoms with Gasteiger partial charge in [-0.05, 0) is 19.1 Å². The fourth-order valence-corrected chi connectivity index (χ4v) is 3.33. The second-order valence-electron chi connectivity index (χ2n) is 3.83. The summed E-state index contributed by atoms with van der Waals surface area (Å²) in [6, 6.07) is 3.10. The standard InChI is InChI=1S/C10H5O6P/c1-4-8-7-5(13-10(4)11)2-3-6-9(7)16-17(12,14-6)15-8/h2-3H,1H3. The molecule has 86 valence electrons. The number of benzene rings is 1. The Kier molecular flexibility index (Phi) is 1.33. The molecule has 1 unspecified atom stereocenters. The molecule has 1 aromatic heterocycles. The van der Waals surface area contributed by atoms with Crippen molar-refractivity contribution in [3.63, 3.8) is 0 Å². The van der Waals surface area contributed by atoms with Gasteiger partial charge in [-0.15, -0.1) is 0 Å². The van der Waals surface area contributed by atoms with Crippen molar-refractivity contribution in [3.05, 3.63) is 28.1 Å². The lowest BCUT2D eigenvalue weighted by Crippen LogP contribution is -2.11. The minimum atomic E-state index is -3.64. The van der Waals surface area contributed by atoms with Gasteiger partial charge in [-0.3, -0.25) is 0 Å². The van der Waals surface area contributed by atoms with Crippen LogP contribution in [0.25, 0.3) is 11.0 Å². The number of hydrogen-bond donors (Lipinski definition) is 0. The summed E-state index contributed by atoms with van der Waals surface area (Å²) in [7, 11) is -3.64. The third-order valence-electron chi connectivity index (χ3n) is 2.78. The Labute approximate surface area is 94.3 Å². The van der Waals surface area contributed by atoms with Gasteiger partial charge in [0.15, 0.2) is 17.2 Å². The van der Waals surface area contributed by atoms with Crippen molar-refractivity contribution in [2.24, 2.45) is 0 Å². The Balaban J connectivity index is 2.31. The quantitative estimate of drug-likeness (QED) is 0.529. The van der Waals surface area contributed by atoms with E-state index in [4.69, 9.17) is 18.0 Å². The minimum Gasteiger partial charge on any atom is -0.422 e. The number of rotatable bonds is 0. The summed E-state index contributed by atoms with van der Waals surface area (Å²) in [6.45, 7) is 1.54. The topological polar surface area (TPSA) is 75.0 Å². The van der Waals surface area contributed by atoms with Gasteiger partial charge in [0.2, 0.25) is 0 Å². The second-order valence-corrected chi connectivity index (χ2v) is 5.27. The first-order valence-electron chi connectivity index (χ1n) is 4.87. The molecular weight excluding hydrogens is 247 g/mol. The molecule has 0 spiro atoms. The molecule has 0 saturated carbocycles. The van der Waals surface area contributed by atoms with E-state index in [0.29, 0.717) is 22.5 Å². The summed E-state index contributed by atoms with van der Waals surface area (Å²) in [4.78, 5) is 11.6. The fourth-order valence-electron chi connectivity index (χ4n) is 1.98. The van der Waals surface area contributed by atoms with Gasteiger partial charge in [-0.1, -0.05) is 0 Å². The van der Waals surface area contributed by atoms with Crippen molar-refractivity contribution in [2.45, 2.75) is 6.92 Å². The van der Waals surface area contributed by atoms with Gasteiger partial charge < -0.3 is 18.0 Å². The van der Waals surface area contributed by atoms with E-state index >= 15 is 0 Å². The number of phosphoric ester groups is 1. The third kappa shape index (κ3) is 0.964. The molecule has 0 radical (unpaired) electrons. The van der Waals surface area contributed by atoms with Crippen LogP contribution in [0.5, 0.6) is 17.2 Å². The number of fused-ring (bicyclic) bond motifs is 1. The molecule has 2 aromatic rings. The van der Waals surface area contributed by atoms with E-state index in [2.05, 4.69) is 0 Å². The van der Waals surface area contributed by atoms with E-state index in [1.54, 1.807) is 6.07 Å². The molecule has 0 saturated heterocycles. The monoisotopic (exact) mass is 252 g/mol. The van der Waals surface area contributed by atoms with E-state index in [-0.39, 0.29) is 11.3 Å². The Morgan fingerprint density at radius 3 is 2.71 bits per heavy atom. The van der Waals surface area contributed by atoms with E-state index in [0.717, 1.165) is 0 Å². The lowest BCUT2D eigenvalue weighted by Gasteiger charge is -2.17. The average molecular weight is 252 g/mol. The SMILES string of the molecule is Cc1c2c3c4c(ccc3oc1=O)OP(=O)(O4)O2. The van der Waals surface area contributed by atoms with E-state index < -0.39 is 13.4 Å². The van der Waals surface area contributed by atoms with E-state index in [9.17, 15) is 9.36 Å². The Morgan fingerprint density at radius 1 is 1.12 bits per heavy atom. The van der Waals surface area contributed by atoms with Crippen molar-refractivity contribution < 1.29 is 22.6 Å². The smallest absolute Gasteiger partial charge is 0.422 e. The second kappa shape index (κ2) is 2.49. The first kappa shape index (κ1) is 9.13. The first-order chi connectivity index (χ1) is 8.07. The molecule has 3 heterocycles. The zero-order valence-electron chi connectivity index (χ0n) is 8.55. The molecule has 0 N–H and O–H groups in total. The Bertz CT molecular complexity index is 789. The molecule has 7 heteroatoms. The summed E-state index contributed by atoms with van der Waals surface area (Å²) < 4.78 is 32.5. The maximum Gasteiger partial charge on any atom is 0.647 e. The van der Waals surface area contributed by atoms with Crippen LogP contribution in [0, 0.1) is 6.92 Å². The molecule has 17 heavy (non-hydrogen) atoms. The molecule has 6 nitrogen and oxygen atoms in total. The highest BCUT2D eigenvalue weighted by molar-refractivity contribution is 7.50. The molecule has 0 aliphatic carbocycles. The van der Waals surface area contributed by atoms with Gasteiger partial charge >= 0.3 is 13.4 Å². The first-order valence-corrected chi connectivity index (χ1v) is 6.33. The maximum atomic E-state index is 12.0. The maximum absolute atomic E-state index is 12.0. The summed E-state index contributed by atoms with van der Waals surface area (Å²) in [5, 5.41) is 0.489. The van der Waals surface area contributed by atoms with Crippen LogP contribution >= 0.6 is 7.82 Å². The number of hydrogen-bond acceptors (Lipinski definition) is 6. The van der Waals surface area contributed by atoms with Gasteiger partial charge in [-0.2, -0.15) is 4.57 Å². The van der Waals surface area contributed by atoms with Crippen LogP contribution < -0.4 is 19.2 Å². The molecule has 4 rings (SSSR count). The van der Waals surface area contributed by atoms with Crippen molar-refractivity contribution in [3.8, 4) is 17.2 Å². The summed E-state index contributed by atoms with van der Waals surface area (Å²) in [5.41, 5.74) is 0.0533. The van der Waals surface area contributed by atoms with Crippen LogP contribution in [0.4, 0.5) is 0 Å². The summed E-state index contributed by atoms with van der Waals surface area (Å²) in [6.07, 6.45) is 0. The fraction of sp³-hybridized carbons (Fsp3) is 0.100. The highest BCUT2D eigenvalue weighted by Gasteiger charge is 2.47. The highest BCUT2D eigenvalue weighted by atomic mass is 31.2. The van der Waals surface area contributed by atoms with Crippen LogP contribution in [0.3, 0.4) is 0 Å². The van der Waals surface area contributed by atoms with E-state index in [1.807, 2.05) is 0 Å². The van der Waals surface area contributed by atoms with Gasteiger partial charge in [-0.25, -0.2) is 4.79 Å². The van der Waals surface area contributed by atoms with Gasteiger partial charge in [0.1, 0.15) is 11.0 Å². The average Bonchev–Trinajstić information content (AvgIpc) is 2.57. The molecule has 0 amide bonds. The van der Waals surface area contributed by atoms with Crippen molar-refractivity contribution in [1.82, 2.24) is 0 Å². The largest absolute Gasteiger partial charge is 0.647 e. The van der Waals surface area contributed by atoms with Crippen molar-refractivity contribution in [2.75, 3.05) is 0 Å². The molecular formula is C10H5O6P. The summed E-state index contributed by atoms with van der Waals surface area (Å²) in [5.74, 6) is 0.881. The predicted octanol–water partition coefficient (Wildman–Crippen LogP) is 2.37. The van der Waals surface area contributed by atoms with Crippen molar-refractivity contribution in [1.29, 1.82) is 0 Å². The lowest BCUT2D eigenvalue weighted by molar-refractivity contribution is 0.325. The molecule has 2 aliphatic rings. The van der Waals surface area contributed by atoms with E-state index in [1.165, 1.54) is 13.0 Å². The normalized spacial score (nSPS) is 23.4.